The zero-order chi connectivity index (χ0) is 13.1. The van der Waals surface area contributed by atoms with Crippen LogP contribution in [0.1, 0.15) is 35.9 Å². The Bertz CT molecular complexity index is 430. The van der Waals surface area contributed by atoms with Gasteiger partial charge in [0.05, 0.1) is 10.7 Å². The molecule has 4 N–H and O–H groups in total. The molecule has 100 valence electrons. The first kappa shape index (κ1) is 13.2. The van der Waals surface area contributed by atoms with Gasteiger partial charge in [0.2, 0.25) is 0 Å². The molecule has 2 atom stereocenters. The van der Waals surface area contributed by atoms with E-state index in [0.29, 0.717) is 10.6 Å². The van der Waals surface area contributed by atoms with Crippen LogP contribution in [0.2, 0.25) is 0 Å². The minimum absolute atomic E-state index is 0.111. The van der Waals surface area contributed by atoms with Crippen LogP contribution in [0.5, 0.6) is 0 Å². The van der Waals surface area contributed by atoms with E-state index < -0.39 is 0 Å². The van der Waals surface area contributed by atoms with Crippen LogP contribution in [0.4, 0.5) is 10.7 Å². The van der Waals surface area contributed by atoms with Gasteiger partial charge in [0.25, 0.3) is 5.91 Å². The highest BCUT2D eigenvalue weighted by Crippen LogP contribution is 2.33. The van der Waals surface area contributed by atoms with Crippen molar-refractivity contribution in [3.05, 3.63) is 10.9 Å². The van der Waals surface area contributed by atoms with Gasteiger partial charge in [-0.2, -0.15) is 0 Å². The lowest BCUT2D eigenvalue weighted by molar-refractivity contribution is 0.0968. The summed E-state index contributed by atoms with van der Waals surface area (Å²) in [5.74, 6) is 1.50. The largest absolute Gasteiger partial charge is 0.397 e. The molecule has 1 aliphatic rings. The van der Waals surface area contributed by atoms with Gasteiger partial charge in [-0.25, -0.2) is 0 Å². The fraction of sp³-hybridized carbons (Fsp3) is 0.615. The van der Waals surface area contributed by atoms with E-state index in [1.165, 1.54) is 30.6 Å². The van der Waals surface area contributed by atoms with Crippen LogP contribution < -0.4 is 16.4 Å². The van der Waals surface area contributed by atoms with Crippen LogP contribution in [0.25, 0.3) is 0 Å². The third-order valence-corrected chi connectivity index (χ3v) is 4.67. The normalized spacial score (nSPS) is 23.0. The summed E-state index contributed by atoms with van der Waals surface area (Å²) in [6.07, 6.45) is 3.94. The molecular formula is C13H21N3OS. The summed E-state index contributed by atoms with van der Waals surface area (Å²) in [7, 11) is 1.62. The molecule has 4 nitrogen and oxygen atoms in total. The van der Waals surface area contributed by atoms with Gasteiger partial charge in [0.15, 0.2) is 0 Å². The minimum atomic E-state index is -0.111. The molecule has 1 aromatic heterocycles. The topological polar surface area (TPSA) is 67.2 Å². The molecule has 2 rings (SSSR count). The molecule has 0 aliphatic heterocycles. The van der Waals surface area contributed by atoms with Gasteiger partial charge in [-0.3, -0.25) is 4.79 Å². The van der Waals surface area contributed by atoms with Gasteiger partial charge >= 0.3 is 0 Å². The summed E-state index contributed by atoms with van der Waals surface area (Å²) in [4.78, 5) is 12.1. The SMILES string of the molecule is CNC(=O)c1sc(NCC2CCC(C)C2)cc1N. The molecule has 1 aromatic rings. The Balaban J connectivity index is 1.92. The number of anilines is 2. The molecule has 1 aliphatic carbocycles. The highest BCUT2D eigenvalue weighted by atomic mass is 32.1. The van der Waals surface area contributed by atoms with E-state index >= 15 is 0 Å². The second-order valence-corrected chi connectivity index (χ2v) is 6.19. The fourth-order valence-electron chi connectivity index (χ4n) is 2.54. The van der Waals surface area contributed by atoms with Gasteiger partial charge in [-0.15, -0.1) is 11.3 Å². The minimum Gasteiger partial charge on any atom is -0.397 e. The fourth-order valence-corrected chi connectivity index (χ4v) is 3.47. The van der Waals surface area contributed by atoms with Gasteiger partial charge in [0, 0.05) is 13.6 Å². The first-order valence-electron chi connectivity index (χ1n) is 6.45. The number of carbonyl (C=O) groups is 1. The highest BCUT2D eigenvalue weighted by molar-refractivity contribution is 7.18. The number of thiophene rings is 1. The lowest BCUT2D eigenvalue weighted by atomic mass is 10.1. The molecular weight excluding hydrogens is 246 g/mol. The van der Waals surface area contributed by atoms with E-state index in [2.05, 4.69) is 17.6 Å². The zero-order valence-corrected chi connectivity index (χ0v) is 11.8. The van der Waals surface area contributed by atoms with Gasteiger partial charge in [0.1, 0.15) is 4.88 Å². The third kappa shape index (κ3) is 2.96. The Morgan fingerprint density at radius 3 is 2.94 bits per heavy atom. The molecule has 1 heterocycles. The van der Waals surface area contributed by atoms with Crippen molar-refractivity contribution >= 4 is 27.9 Å². The van der Waals surface area contributed by atoms with Crippen molar-refractivity contribution in [3.8, 4) is 0 Å². The van der Waals surface area contributed by atoms with Crippen molar-refractivity contribution in [1.29, 1.82) is 0 Å². The maximum absolute atomic E-state index is 11.5. The average Bonchev–Trinajstić information content (AvgIpc) is 2.92. The summed E-state index contributed by atoms with van der Waals surface area (Å²) in [6.45, 7) is 3.30. The molecule has 0 radical (unpaired) electrons. The molecule has 18 heavy (non-hydrogen) atoms. The van der Waals surface area contributed by atoms with E-state index in [9.17, 15) is 4.79 Å². The Morgan fingerprint density at radius 1 is 1.56 bits per heavy atom. The van der Waals surface area contributed by atoms with Crippen molar-refractivity contribution in [2.24, 2.45) is 11.8 Å². The van der Waals surface area contributed by atoms with E-state index in [-0.39, 0.29) is 5.91 Å². The third-order valence-electron chi connectivity index (χ3n) is 3.56. The predicted octanol–water partition coefficient (Wildman–Crippen LogP) is 2.54. The van der Waals surface area contributed by atoms with Crippen LogP contribution in [0, 0.1) is 11.8 Å². The van der Waals surface area contributed by atoms with Gasteiger partial charge in [-0.1, -0.05) is 13.3 Å². The summed E-state index contributed by atoms with van der Waals surface area (Å²) < 4.78 is 0. The number of amides is 1. The van der Waals surface area contributed by atoms with Crippen molar-refractivity contribution in [2.75, 3.05) is 24.6 Å². The van der Waals surface area contributed by atoms with E-state index in [0.717, 1.165) is 23.4 Å². The van der Waals surface area contributed by atoms with Crippen LogP contribution in [-0.2, 0) is 0 Å². The van der Waals surface area contributed by atoms with Crippen LogP contribution in [-0.4, -0.2) is 19.5 Å². The summed E-state index contributed by atoms with van der Waals surface area (Å²) >= 11 is 1.43. The van der Waals surface area contributed by atoms with Gasteiger partial charge < -0.3 is 16.4 Å². The van der Waals surface area contributed by atoms with Crippen molar-refractivity contribution in [3.63, 3.8) is 0 Å². The summed E-state index contributed by atoms with van der Waals surface area (Å²) in [5, 5.41) is 7.00. The number of rotatable bonds is 4. The van der Waals surface area contributed by atoms with Crippen LogP contribution >= 0.6 is 11.3 Å². The van der Waals surface area contributed by atoms with Crippen molar-refractivity contribution in [2.45, 2.75) is 26.2 Å². The molecule has 1 fully saturated rings. The molecule has 5 heteroatoms. The number of nitrogens with one attached hydrogen (secondary N) is 2. The second kappa shape index (κ2) is 5.61. The van der Waals surface area contributed by atoms with Crippen molar-refractivity contribution in [1.82, 2.24) is 5.32 Å². The van der Waals surface area contributed by atoms with E-state index in [4.69, 9.17) is 5.73 Å². The first-order valence-corrected chi connectivity index (χ1v) is 7.27. The second-order valence-electron chi connectivity index (χ2n) is 5.14. The Labute approximate surface area is 112 Å². The predicted molar refractivity (Wildman–Crippen MR) is 77.1 cm³/mol. The van der Waals surface area contributed by atoms with Crippen LogP contribution in [0.15, 0.2) is 6.07 Å². The lowest BCUT2D eigenvalue weighted by Crippen LogP contribution is -2.17. The monoisotopic (exact) mass is 267 g/mol. The number of nitrogen functional groups attached to an aromatic ring is 1. The molecule has 0 saturated heterocycles. The number of carbonyl (C=O) groups excluding carboxylic acids is 1. The Morgan fingerprint density at radius 2 is 2.33 bits per heavy atom. The summed E-state index contributed by atoms with van der Waals surface area (Å²) in [6, 6.07) is 1.85. The smallest absolute Gasteiger partial charge is 0.263 e. The standard InChI is InChI=1S/C13H21N3OS/c1-8-3-4-9(5-8)7-16-11-6-10(14)12(18-11)13(17)15-2/h6,8-9,16H,3-5,7,14H2,1-2H3,(H,15,17). The molecule has 1 saturated carbocycles. The zero-order valence-electron chi connectivity index (χ0n) is 11.0. The Kier molecular flexibility index (Phi) is 4.11. The lowest BCUT2D eigenvalue weighted by Gasteiger charge is -2.10. The number of nitrogens with two attached hydrogens (primary N) is 1. The molecule has 0 bridgehead atoms. The van der Waals surface area contributed by atoms with E-state index in [1.807, 2.05) is 6.07 Å². The molecule has 0 spiro atoms. The molecule has 1 amide bonds. The van der Waals surface area contributed by atoms with Crippen molar-refractivity contribution < 1.29 is 4.79 Å². The quantitative estimate of drug-likeness (QED) is 0.785. The number of hydrogen-bond acceptors (Lipinski definition) is 4. The highest BCUT2D eigenvalue weighted by Gasteiger charge is 2.21. The maximum Gasteiger partial charge on any atom is 0.263 e. The first-order chi connectivity index (χ1) is 8.60. The Hall–Kier alpha value is -1.23. The molecule has 0 aromatic carbocycles. The maximum atomic E-state index is 11.5. The summed E-state index contributed by atoms with van der Waals surface area (Å²) in [5.41, 5.74) is 6.39. The van der Waals surface area contributed by atoms with E-state index in [1.54, 1.807) is 7.05 Å². The average molecular weight is 267 g/mol. The number of hydrogen-bond donors (Lipinski definition) is 3. The van der Waals surface area contributed by atoms with Gasteiger partial charge in [-0.05, 0) is 30.7 Å². The molecule has 2 unspecified atom stereocenters. The van der Waals surface area contributed by atoms with Crippen LogP contribution in [0.3, 0.4) is 0 Å².